The van der Waals surface area contributed by atoms with Crippen molar-refractivity contribution in [1.29, 1.82) is 0 Å². The number of nitrogen functional groups attached to an aromatic ring is 1. The highest BCUT2D eigenvalue weighted by Crippen LogP contribution is 2.25. The fourth-order valence-electron chi connectivity index (χ4n) is 2.16. The van der Waals surface area contributed by atoms with Crippen molar-refractivity contribution in [2.24, 2.45) is 0 Å². The highest BCUT2D eigenvalue weighted by atomic mass is 16.5. The molecule has 0 bridgehead atoms. The number of nitrogens with two attached hydrogens (primary N) is 1. The monoisotopic (exact) mass is 229 g/mol. The van der Waals surface area contributed by atoms with Crippen LogP contribution in [0.15, 0.2) is 24.3 Å². The van der Waals surface area contributed by atoms with Crippen molar-refractivity contribution >= 4 is 5.82 Å². The Bertz CT molecular complexity index is 543. The van der Waals surface area contributed by atoms with Gasteiger partial charge in [0.05, 0.1) is 24.6 Å². The topological polar surface area (TPSA) is 53.1 Å². The van der Waals surface area contributed by atoms with E-state index < -0.39 is 0 Å². The van der Waals surface area contributed by atoms with Crippen LogP contribution < -0.4 is 5.73 Å². The fourth-order valence-corrected chi connectivity index (χ4v) is 2.16. The van der Waals surface area contributed by atoms with Gasteiger partial charge in [0.15, 0.2) is 5.82 Å². The maximum Gasteiger partial charge on any atom is 0.151 e. The summed E-state index contributed by atoms with van der Waals surface area (Å²) in [6.07, 6.45) is 0.868. The molecule has 0 saturated carbocycles. The van der Waals surface area contributed by atoms with Crippen LogP contribution in [0.3, 0.4) is 0 Å². The molecule has 2 N–H and O–H groups in total. The lowest BCUT2D eigenvalue weighted by atomic mass is 10.1. The van der Waals surface area contributed by atoms with Gasteiger partial charge in [-0.3, -0.25) is 0 Å². The van der Waals surface area contributed by atoms with Crippen molar-refractivity contribution in [2.45, 2.75) is 20.0 Å². The molecule has 1 aromatic heterocycles. The molecule has 0 amide bonds. The molecule has 0 fully saturated rings. The van der Waals surface area contributed by atoms with Crippen LogP contribution in [-0.4, -0.2) is 16.4 Å². The van der Waals surface area contributed by atoms with Crippen molar-refractivity contribution in [3.05, 3.63) is 41.1 Å². The first-order chi connectivity index (χ1) is 8.25. The summed E-state index contributed by atoms with van der Waals surface area (Å²) in [5.41, 5.74) is 10.4. The molecule has 17 heavy (non-hydrogen) atoms. The highest BCUT2D eigenvalue weighted by Gasteiger charge is 2.20. The van der Waals surface area contributed by atoms with E-state index in [9.17, 15) is 0 Å². The number of rotatable bonds is 1. The summed E-state index contributed by atoms with van der Waals surface area (Å²) in [5, 5.41) is 4.41. The number of fused-ring (bicyclic) bond motifs is 1. The quantitative estimate of drug-likeness (QED) is 0.811. The summed E-state index contributed by atoms with van der Waals surface area (Å²) < 4.78 is 7.35. The zero-order chi connectivity index (χ0) is 11.8. The molecule has 0 aliphatic carbocycles. The lowest BCUT2D eigenvalue weighted by molar-refractivity contribution is 0.110. The van der Waals surface area contributed by atoms with Gasteiger partial charge in [-0.25, -0.2) is 4.68 Å². The number of hydrogen-bond acceptors (Lipinski definition) is 3. The number of benzene rings is 1. The molecule has 4 heteroatoms. The van der Waals surface area contributed by atoms with Gasteiger partial charge >= 0.3 is 0 Å². The molecule has 0 unspecified atom stereocenters. The molecule has 0 radical (unpaired) electrons. The van der Waals surface area contributed by atoms with Gasteiger partial charge in [-0.2, -0.15) is 5.10 Å². The minimum atomic E-state index is 0.576. The van der Waals surface area contributed by atoms with Crippen molar-refractivity contribution in [3.63, 3.8) is 0 Å². The van der Waals surface area contributed by atoms with Crippen LogP contribution in [0.4, 0.5) is 5.82 Å². The molecule has 3 rings (SSSR count). The number of anilines is 1. The second-order valence-electron chi connectivity index (χ2n) is 4.36. The second-order valence-corrected chi connectivity index (χ2v) is 4.36. The smallest absolute Gasteiger partial charge is 0.151 e. The summed E-state index contributed by atoms with van der Waals surface area (Å²) in [6, 6.07) is 8.30. The number of aromatic nitrogens is 2. The van der Waals surface area contributed by atoms with Gasteiger partial charge in [-0.1, -0.05) is 17.7 Å². The third kappa shape index (κ3) is 1.70. The van der Waals surface area contributed by atoms with E-state index in [0.717, 1.165) is 24.3 Å². The molecule has 2 aromatic rings. The van der Waals surface area contributed by atoms with E-state index in [-0.39, 0.29) is 0 Å². The maximum absolute atomic E-state index is 5.92. The Hall–Kier alpha value is -1.81. The Balaban J connectivity index is 2.11. The summed E-state index contributed by atoms with van der Waals surface area (Å²) >= 11 is 0. The predicted molar refractivity (Wildman–Crippen MR) is 66.1 cm³/mol. The molecule has 2 heterocycles. The maximum atomic E-state index is 5.92. The van der Waals surface area contributed by atoms with E-state index in [0.29, 0.717) is 12.4 Å². The van der Waals surface area contributed by atoms with Gasteiger partial charge in [0.25, 0.3) is 0 Å². The molecule has 1 aromatic carbocycles. The number of aryl methyl sites for hydroxylation is 1. The third-order valence-electron chi connectivity index (χ3n) is 3.13. The number of hydrogen-bond donors (Lipinski definition) is 1. The van der Waals surface area contributed by atoms with Gasteiger partial charge in [0, 0.05) is 12.0 Å². The normalized spacial score (nSPS) is 14.6. The Morgan fingerprint density at radius 2 is 2.06 bits per heavy atom. The first-order valence-electron chi connectivity index (χ1n) is 5.77. The van der Waals surface area contributed by atoms with Crippen molar-refractivity contribution in [2.75, 3.05) is 12.3 Å². The van der Waals surface area contributed by atoms with Crippen molar-refractivity contribution in [3.8, 4) is 5.69 Å². The van der Waals surface area contributed by atoms with Gasteiger partial charge in [0.2, 0.25) is 0 Å². The van der Waals surface area contributed by atoms with Crippen LogP contribution in [0, 0.1) is 6.92 Å². The predicted octanol–water partition coefficient (Wildman–Crippen LogP) is 1.84. The molecule has 0 spiro atoms. The van der Waals surface area contributed by atoms with Crippen molar-refractivity contribution < 1.29 is 4.74 Å². The largest absolute Gasteiger partial charge is 0.382 e. The van der Waals surface area contributed by atoms with Crippen LogP contribution in [-0.2, 0) is 17.8 Å². The van der Waals surface area contributed by atoms with Gasteiger partial charge in [0.1, 0.15) is 0 Å². The Morgan fingerprint density at radius 3 is 2.82 bits per heavy atom. The SMILES string of the molecule is Cc1ccc(-n2nc(N)c3c2CCOC3)cc1. The van der Waals surface area contributed by atoms with Crippen LogP contribution in [0.2, 0.25) is 0 Å². The minimum Gasteiger partial charge on any atom is -0.382 e. The van der Waals surface area contributed by atoms with Gasteiger partial charge in [-0.05, 0) is 19.1 Å². The minimum absolute atomic E-state index is 0.576. The molecule has 1 aliphatic heterocycles. The van der Waals surface area contributed by atoms with Crippen LogP contribution in [0.25, 0.3) is 5.69 Å². The lowest BCUT2D eigenvalue weighted by Gasteiger charge is -2.14. The first kappa shape index (κ1) is 10.4. The third-order valence-corrected chi connectivity index (χ3v) is 3.13. The molecule has 0 saturated heterocycles. The molecular formula is C13H15N3O. The number of nitrogens with zero attached hydrogens (tertiary/aromatic N) is 2. The summed E-state index contributed by atoms with van der Waals surface area (Å²) in [5.74, 6) is 0.584. The van der Waals surface area contributed by atoms with E-state index in [1.807, 2.05) is 4.68 Å². The van der Waals surface area contributed by atoms with E-state index >= 15 is 0 Å². The molecule has 4 nitrogen and oxygen atoms in total. The molecule has 88 valence electrons. The zero-order valence-electron chi connectivity index (χ0n) is 9.81. The summed E-state index contributed by atoms with van der Waals surface area (Å²) in [6.45, 7) is 3.39. The van der Waals surface area contributed by atoms with Crippen molar-refractivity contribution in [1.82, 2.24) is 9.78 Å². The average Bonchev–Trinajstić information content (AvgIpc) is 2.69. The number of ether oxygens (including phenoxy) is 1. The summed E-state index contributed by atoms with van der Waals surface area (Å²) in [4.78, 5) is 0. The molecule has 0 atom stereocenters. The fraction of sp³-hybridized carbons (Fsp3) is 0.308. The van der Waals surface area contributed by atoms with Gasteiger partial charge < -0.3 is 10.5 Å². The van der Waals surface area contributed by atoms with E-state index in [4.69, 9.17) is 10.5 Å². The Kier molecular flexibility index (Phi) is 2.37. The van der Waals surface area contributed by atoms with E-state index in [2.05, 4.69) is 36.3 Å². The first-order valence-corrected chi connectivity index (χ1v) is 5.77. The van der Waals surface area contributed by atoms with Gasteiger partial charge in [-0.15, -0.1) is 0 Å². The Labute approximate surface area is 100 Å². The second kappa shape index (κ2) is 3.89. The molecular weight excluding hydrogens is 214 g/mol. The van der Waals surface area contributed by atoms with E-state index in [1.165, 1.54) is 11.3 Å². The average molecular weight is 229 g/mol. The van der Waals surface area contributed by atoms with Crippen LogP contribution in [0.5, 0.6) is 0 Å². The Morgan fingerprint density at radius 1 is 1.29 bits per heavy atom. The summed E-state index contributed by atoms with van der Waals surface area (Å²) in [7, 11) is 0. The lowest BCUT2D eigenvalue weighted by Crippen LogP contribution is -2.13. The highest BCUT2D eigenvalue weighted by molar-refractivity contribution is 5.47. The van der Waals surface area contributed by atoms with E-state index in [1.54, 1.807) is 0 Å². The van der Waals surface area contributed by atoms with Crippen LogP contribution >= 0.6 is 0 Å². The zero-order valence-corrected chi connectivity index (χ0v) is 9.81. The molecule has 1 aliphatic rings. The van der Waals surface area contributed by atoms with Crippen LogP contribution in [0.1, 0.15) is 16.8 Å². The standard InChI is InChI=1S/C13H15N3O/c1-9-2-4-10(5-3-9)16-12-6-7-17-8-11(12)13(14)15-16/h2-5H,6-8H2,1H3,(H2,14,15).